The van der Waals surface area contributed by atoms with Gasteiger partial charge in [0.1, 0.15) is 36.5 Å². The van der Waals surface area contributed by atoms with Gasteiger partial charge in [-0.05, 0) is 20.3 Å². The van der Waals surface area contributed by atoms with E-state index in [-0.39, 0.29) is 6.42 Å². The van der Waals surface area contributed by atoms with Crippen molar-refractivity contribution < 1.29 is 49.1 Å². The highest BCUT2D eigenvalue weighted by atomic mass is 16.6. The Kier molecular flexibility index (Phi) is 10.2. The van der Waals surface area contributed by atoms with E-state index in [4.69, 9.17) is 26.0 Å². The number of nitrogens with one attached hydrogen (secondary N) is 2. The summed E-state index contributed by atoms with van der Waals surface area (Å²) in [5.74, 6) is -3.66. The van der Waals surface area contributed by atoms with Gasteiger partial charge >= 0.3 is 5.97 Å². The van der Waals surface area contributed by atoms with Crippen molar-refractivity contribution in [3.8, 4) is 0 Å². The van der Waals surface area contributed by atoms with Crippen LogP contribution in [-0.2, 0) is 28.7 Å². The van der Waals surface area contributed by atoms with E-state index < -0.39 is 85.5 Å². The quantitative estimate of drug-likeness (QED) is 0.149. The lowest BCUT2D eigenvalue weighted by molar-refractivity contribution is -0.261. The number of hydrogen-bond acceptors (Lipinski definition) is 10. The molecule has 1 aliphatic heterocycles. The summed E-state index contributed by atoms with van der Waals surface area (Å²) in [6.07, 6.45) is -7.23. The molecule has 0 aliphatic carbocycles. The zero-order valence-electron chi connectivity index (χ0n) is 17.1. The number of amides is 3. The zero-order valence-corrected chi connectivity index (χ0v) is 17.1. The molecule has 0 radical (unpaired) electrons. The molecule has 14 nitrogen and oxygen atoms in total. The van der Waals surface area contributed by atoms with Gasteiger partial charge in [-0.2, -0.15) is 0 Å². The highest BCUT2D eigenvalue weighted by Crippen LogP contribution is 2.22. The van der Waals surface area contributed by atoms with Crippen LogP contribution in [0.4, 0.5) is 0 Å². The number of aliphatic hydroxyl groups excluding tert-OH is 3. The normalized spacial score (nSPS) is 28.8. The molecule has 1 aliphatic rings. The standard InChI is InChI=1S/C17H30N4O10/c1-6(15(27)21-8(14(19)26)3-4-10(23)24)20-16(28)7(2)30-13-11(18)17(29)31-9(5-22)12(13)25/h6-9,11-13,17,22,25,29H,3-5,18H2,1-2H3,(H2,19,26)(H,20,28)(H,21,27)(H,23,24)/t6-,7+,8+,9+,11+,12+,13+,17+/m0/s1. The first-order valence-corrected chi connectivity index (χ1v) is 9.54. The van der Waals surface area contributed by atoms with Crippen LogP contribution in [0.3, 0.4) is 0 Å². The fraction of sp³-hybridized carbons (Fsp3) is 0.765. The van der Waals surface area contributed by atoms with Crippen molar-refractivity contribution in [2.24, 2.45) is 11.5 Å². The molecule has 1 saturated heterocycles. The first-order chi connectivity index (χ1) is 14.4. The fourth-order valence-electron chi connectivity index (χ4n) is 2.82. The predicted octanol–water partition coefficient (Wildman–Crippen LogP) is -4.50. The molecule has 1 rings (SSSR count). The minimum Gasteiger partial charge on any atom is -0.481 e. The molecule has 1 fully saturated rings. The van der Waals surface area contributed by atoms with E-state index in [1.165, 1.54) is 13.8 Å². The number of carboxylic acids is 1. The van der Waals surface area contributed by atoms with Crippen molar-refractivity contribution in [1.29, 1.82) is 0 Å². The molecular weight excluding hydrogens is 420 g/mol. The van der Waals surface area contributed by atoms with E-state index in [2.05, 4.69) is 10.6 Å². The van der Waals surface area contributed by atoms with Gasteiger partial charge in [0, 0.05) is 6.42 Å². The van der Waals surface area contributed by atoms with Gasteiger partial charge in [0.15, 0.2) is 6.29 Å². The van der Waals surface area contributed by atoms with Gasteiger partial charge in [0.2, 0.25) is 17.7 Å². The van der Waals surface area contributed by atoms with Crippen molar-refractivity contribution in [3.63, 3.8) is 0 Å². The Morgan fingerprint density at radius 3 is 2.26 bits per heavy atom. The van der Waals surface area contributed by atoms with Crippen LogP contribution in [0.25, 0.3) is 0 Å². The summed E-state index contributed by atoms with van der Waals surface area (Å²) in [6, 6.07) is -3.59. The van der Waals surface area contributed by atoms with E-state index in [1.54, 1.807) is 0 Å². The summed E-state index contributed by atoms with van der Waals surface area (Å²) < 4.78 is 10.4. The average Bonchev–Trinajstić information content (AvgIpc) is 2.69. The Labute approximate surface area is 177 Å². The summed E-state index contributed by atoms with van der Waals surface area (Å²) in [5.41, 5.74) is 10.9. The molecule has 14 heteroatoms. The molecule has 8 atom stereocenters. The molecule has 0 spiro atoms. The second kappa shape index (κ2) is 11.9. The predicted molar refractivity (Wildman–Crippen MR) is 102 cm³/mol. The first kappa shape index (κ1) is 26.7. The van der Waals surface area contributed by atoms with E-state index in [9.17, 15) is 34.5 Å². The van der Waals surface area contributed by atoms with Gasteiger partial charge in [-0.25, -0.2) is 0 Å². The van der Waals surface area contributed by atoms with Crippen LogP contribution in [-0.4, -0.2) is 99.6 Å². The summed E-state index contributed by atoms with van der Waals surface area (Å²) >= 11 is 0. The van der Waals surface area contributed by atoms with Crippen LogP contribution in [0, 0.1) is 0 Å². The third kappa shape index (κ3) is 7.68. The van der Waals surface area contributed by atoms with Gasteiger partial charge < -0.3 is 52.0 Å². The van der Waals surface area contributed by atoms with Gasteiger partial charge in [-0.1, -0.05) is 0 Å². The SMILES string of the molecule is C[C@H](NC(=O)[C@@H](C)O[C@@H]1[C@@H](N)[C@H](O)O[C@H](CO)[C@H]1O)C(=O)N[C@H](CCC(=O)O)C(N)=O. The van der Waals surface area contributed by atoms with E-state index in [1.807, 2.05) is 0 Å². The van der Waals surface area contributed by atoms with Crippen molar-refractivity contribution in [3.05, 3.63) is 0 Å². The van der Waals surface area contributed by atoms with E-state index >= 15 is 0 Å². The van der Waals surface area contributed by atoms with Gasteiger partial charge in [-0.3, -0.25) is 19.2 Å². The number of primary amides is 1. The van der Waals surface area contributed by atoms with Crippen LogP contribution < -0.4 is 22.1 Å². The lowest BCUT2D eigenvalue weighted by atomic mass is 9.97. The summed E-state index contributed by atoms with van der Waals surface area (Å²) in [5, 5.41) is 42.4. The van der Waals surface area contributed by atoms with E-state index in [0.29, 0.717) is 0 Å². The molecule has 3 amide bonds. The summed E-state index contributed by atoms with van der Waals surface area (Å²) in [6.45, 7) is 2.01. The molecule has 178 valence electrons. The lowest BCUT2D eigenvalue weighted by Gasteiger charge is -2.41. The minimum atomic E-state index is -1.54. The number of carbonyl (C=O) groups excluding carboxylic acids is 3. The van der Waals surface area contributed by atoms with Crippen LogP contribution in [0.1, 0.15) is 26.7 Å². The molecular formula is C17H30N4O10. The Morgan fingerprint density at radius 1 is 1.13 bits per heavy atom. The Balaban J connectivity index is 2.66. The number of aliphatic carboxylic acids is 1. The third-order valence-electron chi connectivity index (χ3n) is 4.71. The van der Waals surface area contributed by atoms with Crippen molar-refractivity contribution in [1.82, 2.24) is 10.6 Å². The van der Waals surface area contributed by atoms with Crippen LogP contribution in [0.2, 0.25) is 0 Å². The van der Waals surface area contributed by atoms with Crippen molar-refractivity contribution in [2.45, 2.75) is 75.5 Å². The van der Waals surface area contributed by atoms with E-state index in [0.717, 1.165) is 0 Å². The number of aliphatic hydroxyl groups is 3. The number of nitrogens with two attached hydrogens (primary N) is 2. The highest BCUT2D eigenvalue weighted by molar-refractivity contribution is 5.92. The maximum Gasteiger partial charge on any atom is 0.303 e. The topological polar surface area (TPSA) is 244 Å². The maximum atomic E-state index is 12.4. The maximum absolute atomic E-state index is 12.4. The molecule has 0 unspecified atom stereocenters. The Bertz CT molecular complexity index is 663. The van der Waals surface area contributed by atoms with Crippen molar-refractivity contribution in [2.75, 3.05) is 6.61 Å². The average molecular weight is 450 g/mol. The molecule has 31 heavy (non-hydrogen) atoms. The zero-order chi connectivity index (χ0) is 23.9. The molecule has 0 bridgehead atoms. The lowest BCUT2D eigenvalue weighted by Crippen LogP contribution is -2.64. The van der Waals surface area contributed by atoms with Crippen LogP contribution in [0.5, 0.6) is 0 Å². The number of carboxylic acid groups (broad SMARTS) is 1. The number of carbonyl (C=O) groups is 4. The fourth-order valence-corrected chi connectivity index (χ4v) is 2.82. The van der Waals surface area contributed by atoms with Gasteiger partial charge in [0.25, 0.3) is 0 Å². The van der Waals surface area contributed by atoms with Gasteiger partial charge in [0.05, 0.1) is 12.6 Å². The second-order valence-corrected chi connectivity index (χ2v) is 7.18. The first-order valence-electron chi connectivity index (χ1n) is 9.54. The number of hydrogen-bond donors (Lipinski definition) is 8. The third-order valence-corrected chi connectivity index (χ3v) is 4.71. The molecule has 10 N–H and O–H groups in total. The molecule has 0 aromatic heterocycles. The highest BCUT2D eigenvalue weighted by Gasteiger charge is 2.44. The molecule has 0 aromatic rings. The summed E-state index contributed by atoms with van der Waals surface area (Å²) in [4.78, 5) is 46.6. The Hall–Kier alpha value is -2.36. The molecule has 1 heterocycles. The second-order valence-electron chi connectivity index (χ2n) is 7.18. The molecule has 0 aromatic carbocycles. The number of rotatable bonds is 11. The molecule has 0 saturated carbocycles. The van der Waals surface area contributed by atoms with Crippen LogP contribution in [0.15, 0.2) is 0 Å². The van der Waals surface area contributed by atoms with Crippen molar-refractivity contribution >= 4 is 23.7 Å². The van der Waals surface area contributed by atoms with Crippen LogP contribution >= 0.6 is 0 Å². The minimum absolute atomic E-state index is 0.218. The number of ether oxygens (including phenoxy) is 2. The summed E-state index contributed by atoms with van der Waals surface area (Å²) in [7, 11) is 0. The largest absolute Gasteiger partial charge is 0.481 e. The van der Waals surface area contributed by atoms with Gasteiger partial charge in [-0.15, -0.1) is 0 Å². The Morgan fingerprint density at radius 2 is 1.74 bits per heavy atom. The monoisotopic (exact) mass is 450 g/mol. The smallest absolute Gasteiger partial charge is 0.303 e.